The van der Waals surface area contributed by atoms with Gasteiger partial charge in [0.15, 0.2) is 0 Å². The number of amides is 2. The molecule has 18 heavy (non-hydrogen) atoms. The predicted octanol–water partition coefficient (Wildman–Crippen LogP) is 1.63. The van der Waals surface area contributed by atoms with E-state index in [4.69, 9.17) is 5.11 Å². The van der Waals surface area contributed by atoms with Crippen LogP contribution in [0.1, 0.15) is 26.2 Å². The number of carboxylic acid groups (broad SMARTS) is 1. The second kappa shape index (κ2) is 7.51. The number of nitrogens with zero attached hydrogens (tertiary/aromatic N) is 1. The lowest BCUT2D eigenvalue weighted by Gasteiger charge is -2.31. The molecule has 2 atom stereocenters. The maximum atomic E-state index is 12.0. The minimum Gasteiger partial charge on any atom is -0.481 e. The summed E-state index contributed by atoms with van der Waals surface area (Å²) in [5, 5.41) is 11.9. The van der Waals surface area contributed by atoms with Crippen molar-refractivity contribution >= 4 is 23.8 Å². The first-order chi connectivity index (χ1) is 8.54. The average Bonchev–Trinajstić information content (AvgIpc) is 2.36. The predicted molar refractivity (Wildman–Crippen MR) is 72.9 cm³/mol. The number of likely N-dealkylation sites (tertiary alicyclic amines) is 1. The highest BCUT2D eigenvalue weighted by atomic mass is 32.2. The van der Waals surface area contributed by atoms with E-state index in [1.807, 2.05) is 13.2 Å². The first-order valence-electron chi connectivity index (χ1n) is 6.31. The highest BCUT2D eigenvalue weighted by Crippen LogP contribution is 2.16. The fourth-order valence-corrected chi connectivity index (χ4v) is 2.62. The van der Waals surface area contributed by atoms with Crippen LogP contribution < -0.4 is 5.32 Å². The van der Waals surface area contributed by atoms with Crippen molar-refractivity contribution in [3.05, 3.63) is 0 Å². The molecule has 0 spiro atoms. The van der Waals surface area contributed by atoms with Crippen LogP contribution >= 0.6 is 11.8 Å². The van der Waals surface area contributed by atoms with Gasteiger partial charge in [-0.3, -0.25) is 4.79 Å². The molecule has 0 aromatic carbocycles. The van der Waals surface area contributed by atoms with Crippen LogP contribution in [0, 0.1) is 5.92 Å². The van der Waals surface area contributed by atoms with Crippen LogP contribution in [0.25, 0.3) is 0 Å². The average molecular weight is 274 g/mol. The molecule has 1 fully saturated rings. The number of rotatable bonds is 5. The van der Waals surface area contributed by atoms with E-state index in [0.29, 0.717) is 19.5 Å². The third kappa shape index (κ3) is 4.76. The van der Waals surface area contributed by atoms with Gasteiger partial charge in [-0.1, -0.05) is 0 Å². The molecule has 0 aromatic rings. The molecule has 1 saturated heterocycles. The Labute approximate surface area is 112 Å². The lowest BCUT2D eigenvalue weighted by atomic mass is 9.99. The van der Waals surface area contributed by atoms with Crippen molar-refractivity contribution in [1.82, 2.24) is 10.2 Å². The van der Waals surface area contributed by atoms with E-state index in [1.165, 1.54) is 0 Å². The Balaban J connectivity index is 2.38. The zero-order valence-electron chi connectivity index (χ0n) is 11.0. The molecule has 1 aliphatic heterocycles. The number of carboxylic acids is 1. The first-order valence-corrected chi connectivity index (χ1v) is 7.71. The van der Waals surface area contributed by atoms with Gasteiger partial charge >= 0.3 is 12.0 Å². The van der Waals surface area contributed by atoms with E-state index in [-0.39, 0.29) is 12.1 Å². The Morgan fingerprint density at radius 1 is 1.56 bits per heavy atom. The summed E-state index contributed by atoms with van der Waals surface area (Å²) in [6.45, 7) is 2.97. The number of hydrogen-bond acceptors (Lipinski definition) is 3. The molecule has 0 saturated carbocycles. The second-order valence-corrected chi connectivity index (χ2v) is 5.74. The zero-order chi connectivity index (χ0) is 13.5. The number of aliphatic carboxylic acids is 1. The van der Waals surface area contributed by atoms with Gasteiger partial charge in [-0.2, -0.15) is 11.8 Å². The molecule has 104 valence electrons. The monoisotopic (exact) mass is 274 g/mol. The number of carbonyl (C=O) groups is 2. The van der Waals surface area contributed by atoms with E-state index in [1.54, 1.807) is 16.7 Å². The maximum absolute atomic E-state index is 12.0. The van der Waals surface area contributed by atoms with Gasteiger partial charge in [-0.05, 0) is 38.2 Å². The van der Waals surface area contributed by atoms with Crippen LogP contribution in [-0.2, 0) is 4.79 Å². The smallest absolute Gasteiger partial charge is 0.317 e. The van der Waals surface area contributed by atoms with Crippen molar-refractivity contribution in [2.75, 3.05) is 25.1 Å². The van der Waals surface area contributed by atoms with Crippen LogP contribution in [0.15, 0.2) is 0 Å². The molecule has 1 unspecified atom stereocenters. The number of piperidine rings is 1. The van der Waals surface area contributed by atoms with E-state index in [0.717, 1.165) is 18.6 Å². The Kier molecular flexibility index (Phi) is 6.32. The highest BCUT2D eigenvalue weighted by Gasteiger charge is 2.28. The standard InChI is InChI=1S/C12H22N2O3S/c1-9(5-7-18-2)13-12(17)14-6-3-4-10(8-14)11(15)16/h9-10H,3-8H2,1-2H3,(H,13,17)(H,15,16)/t9?,10-/m1/s1. The topological polar surface area (TPSA) is 69.6 Å². The molecule has 1 aliphatic rings. The molecule has 0 bridgehead atoms. The Hall–Kier alpha value is -0.910. The summed E-state index contributed by atoms with van der Waals surface area (Å²) in [4.78, 5) is 24.5. The summed E-state index contributed by atoms with van der Waals surface area (Å²) in [5.41, 5.74) is 0. The molecule has 6 heteroatoms. The molecular weight excluding hydrogens is 252 g/mol. The quantitative estimate of drug-likeness (QED) is 0.799. The van der Waals surface area contributed by atoms with Crippen molar-refractivity contribution in [2.24, 2.45) is 5.92 Å². The molecule has 1 rings (SSSR count). The molecular formula is C12H22N2O3S. The zero-order valence-corrected chi connectivity index (χ0v) is 11.8. The Morgan fingerprint density at radius 2 is 2.28 bits per heavy atom. The SMILES string of the molecule is CSCCC(C)NC(=O)N1CCC[C@@H](C(=O)O)C1. The number of thioether (sulfide) groups is 1. The summed E-state index contributed by atoms with van der Waals surface area (Å²) >= 11 is 1.75. The van der Waals surface area contributed by atoms with Crippen molar-refractivity contribution < 1.29 is 14.7 Å². The van der Waals surface area contributed by atoms with Gasteiger partial charge in [-0.15, -0.1) is 0 Å². The van der Waals surface area contributed by atoms with E-state index in [9.17, 15) is 9.59 Å². The lowest BCUT2D eigenvalue weighted by Crippen LogP contribution is -2.49. The maximum Gasteiger partial charge on any atom is 0.317 e. The van der Waals surface area contributed by atoms with Crippen LogP contribution in [0.2, 0.25) is 0 Å². The van der Waals surface area contributed by atoms with Gasteiger partial charge in [0, 0.05) is 19.1 Å². The molecule has 1 heterocycles. The normalized spacial score (nSPS) is 21.4. The summed E-state index contributed by atoms with van der Waals surface area (Å²) in [5.74, 6) is -0.201. The van der Waals surface area contributed by atoms with Gasteiger partial charge in [-0.25, -0.2) is 4.79 Å². The van der Waals surface area contributed by atoms with Crippen molar-refractivity contribution in [3.63, 3.8) is 0 Å². The van der Waals surface area contributed by atoms with E-state index >= 15 is 0 Å². The molecule has 2 amide bonds. The van der Waals surface area contributed by atoms with Gasteiger partial charge in [0.05, 0.1) is 5.92 Å². The van der Waals surface area contributed by atoms with Crippen LogP contribution in [-0.4, -0.2) is 53.1 Å². The fraction of sp³-hybridized carbons (Fsp3) is 0.833. The molecule has 0 radical (unpaired) electrons. The third-order valence-corrected chi connectivity index (χ3v) is 3.83. The van der Waals surface area contributed by atoms with E-state index in [2.05, 4.69) is 5.32 Å². The van der Waals surface area contributed by atoms with Gasteiger partial charge in [0.2, 0.25) is 0 Å². The number of nitrogens with one attached hydrogen (secondary N) is 1. The van der Waals surface area contributed by atoms with Crippen LogP contribution in [0.4, 0.5) is 4.79 Å². The van der Waals surface area contributed by atoms with Gasteiger partial charge < -0.3 is 15.3 Å². The largest absolute Gasteiger partial charge is 0.481 e. The highest BCUT2D eigenvalue weighted by molar-refractivity contribution is 7.98. The number of hydrogen-bond donors (Lipinski definition) is 2. The molecule has 0 aromatic heterocycles. The first kappa shape index (κ1) is 15.1. The van der Waals surface area contributed by atoms with E-state index < -0.39 is 11.9 Å². The van der Waals surface area contributed by atoms with Gasteiger partial charge in [0.25, 0.3) is 0 Å². The molecule has 0 aliphatic carbocycles. The Morgan fingerprint density at radius 3 is 2.89 bits per heavy atom. The third-order valence-electron chi connectivity index (χ3n) is 3.18. The minimum absolute atomic E-state index is 0.130. The molecule has 2 N–H and O–H groups in total. The van der Waals surface area contributed by atoms with Gasteiger partial charge in [0.1, 0.15) is 0 Å². The Bertz CT molecular complexity index is 299. The summed E-state index contributed by atoms with van der Waals surface area (Å²) in [7, 11) is 0. The summed E-state index contributed by atoms with van der Waals surface area (Å²) in [6.07, 6.45) is 4.41. The summed E-state index contributed by atoms with van der Waals surface area (Å²) in [6, 6.07) is 0.00436. The van der Waals surface area contributed by atoms with Crippen molar-refractivity contribution in [1.29, 1.82) is 0 Å². The minimum atomic E-state index is -0.803. The van der Waals surface area contributed by atoms with Crippen molar-refractivity contribution in [3.8, 4) is 0 Å². The number of carbonyl (C=O) groups excluding carboxylic acids is 1. The van der Waals surface area contributed by atoms with Crippen LogP contribution in [0.5, 0.6) is 0 Å². The number of urea groups is 1. The fourth-order valence-electron chi connectivity index (χ4n) is 2.03. The lowest BCUT2D eigenvalue weighted by molar-refractivity contribution is -0.143. The van der Waals surface area contributed by atoms with Crippen molar-refractivity contribution in [2.45, 2.75) is 32.2 Å². The summed E-state index contributed by atoms with van der Waals surface area (Å²) < 4.78 is 0. The van der Waals surface area contributed by atoms with Crippen LogP contribution in [0.3, 0.4) is 0 Å². The molecule has 5 nitrogen and oxygen atoms in total. The second-order valence-electron chi connectivity index (χ2n) is 4.76.